The number of H-pyrrole nitrogens is 1. The first-order chi connectivity index (χ1) is 11.6. The van der Waals surface area contributed by atoms with Crippen molar-refractivity contribution in [2.45, 2.75) is 40.2 Å². The molecule has 0 atom stereocenters. The largest absolute Gasteiger partial charge is 0.465 e. The molecule has 0 unspecified atom stereocenters. The fourth-order valence-corrected chi connectivity index (χ4v) is 2.35. The molecule has 1 aliphatic carbocycles. The van der Waals surface area contributed by atoms with Crippen molar-refractivity contribution in [1.29, 1.82) is 0 Å². The van der Waals surface area contributed by atoms with Crippen molar-refractivity contribution in [1.82, 2.24) is 9.97 Å². The van der Waals surface area contributed by atoms with Crippen LogP contribution in [-0.4, -0.2) is 46.7 Å². The lowest BCUT2D eigenvalue weighted by atomic mass is 9.90. The van der Waals surface area contributed by atoms with E-state index >= 15 is 0 Å². The minimum absolute atomic E-state index is 0.00579. The fraction of sp³-hybridized carbons (Fsp3) is 0.529. The Hall–Kier alpha value is -2.64. The summed E-state index contributed by atoms with van der Waals surface area (Å²) in [6.45, 7) is 8.75. The first-order valence-electron chi connectivity index (χ1n) is 8.02. The summed E-state index contributed by atoms with van der Waals surface area (Å²) in [7, 11) is 0. The normalized spacial score (nSPS) is 14.8. The minimum Gasteiger partial charge on any atom is -0.465 e. The number of carbonyl (C=O) groups is 3. The Morgan fingerprint density at radius 1 is 1.08 bits per heavy atom. The Morgan fingerprint density at radius 2 is 1.64 bits per heavy atom. The van der Waals surface area contributed by atoms with Crippen molar-refractivity contribution in [2.24, 2.45) is 5.41 Å². The van der Waals surface area contributed by atoms with Gasteiger partial charge in [-0.1, -0.05) is 0 Å². The molecule has 1 aromatic heterocycles. The van der Waals surface area contributed by atoms with E-state index in [9.17, 15) is 14.4 Å². The average molecular weight is 350 g/mol. The van der Waals surface area contributed by atoms with Gasteiger partial charge in [0.15, 0.2) is 0 Å². The van der Waals surface area contributed by atoms with E-state index in [2.05, 4.69) is 9.97 Å². The standard InChI is InChI=1S/C17H22N2O6/c1-6-23-14(21)17(15(22)24-7-2)8-10-11(9-17)19-12(18-10)13(20)25-16(3,4)5/h8-9H,6-7H2,1-5H3,(H,18,19). The van der Waals surface area contributed by atoms with Crippen LogP contribution in [0.5, 0.6) is 0 Å². The van der Waals surface area contributed by atoms with Crippen LogP contribution in [0.1, 0.15) is 45.2 Å². The van der Waals surface area contributed by atoms with Crippen molar-refractivity contribution < 1.29 is 28.6 Å². The van der Waals surface area contributed by atoms with Crippen molar-refractivity contribution >= 4 is 30.1 Å². The van der Waals surface area contributed by atoms with E-state index in [-0.39, 0.29) is 19.0 Å². The molecule has 0 bridgehead atoms. The highest BCUT2D eigenvalue weighted by Gasteiger charge is 2.47. The van der Waals surface area contributed by atoms with Gasteiger partial charge >= 0.3 is 17.9 Å². The molecule has 2 rings (SSSR count). The molecule has 0 saturated carbocycles. The molecule has 1 aliphatic rings. The zero-order valence-electron chi connectivity index (χ0n) is 15.0. The van der Waals surface area contributed by atoms with E-state index in [1.807, 2.05) is 0 Å². The van der Waals surface area contributed by atoms with Gasteiger partial charge in [-0.15, -0.1) is 0 Å². The zero-order valence-corrected chi connectivity index (χ0v) is 15.0. The highest BCUT2D eigenvalue weighted by Crippen LogP contribution is 2.28. The number of hydrogen-bond acceptors (Lipinski definition) is 7. The quantitative estimate of drug-likeness (QED) is 0.454. The Morgan fingerprint density at radius 3 is 2.08 bits per heavy atom. The number of aromatic amines is 1. The summed E-state index contributed by atoms with van der Waals surface area (Å²) in [6, 6.07) is 0. The predicted molar refractivity (Wildman–Crippen MR) is 87.6 cm³/mol. The summed E-state index contributed by atoms with van der Waals surface area (Å²) in [5.41, 5.74) is -2.37. The number of nitrogens with zero attached hydrogens (tertiary/aromatic N) is 1. The van der Waals surface area contributed by atoms with Gasteiger partial charge in [-0.2, -0.15) is 0 Å². The zero-order chi connectivity index (χ0) is 18.8. The summed E-state index contributed by atoms with van der Waals surface area (Å²) in [6.07, 6.45) is 2.70. The van der Waals surface area contributed by atoms with Crippen LogP contribution in [0.15, 0.2) is 0 Å². The summed E-state index contributed by atoms with van der Waals surface area (Å²) >= 11 is 0. The molecule has 25 heavy (non-hydrogen) atoms. The smallest absolute Gasteiger partial charge is 0.374 e. The summed E-state index contributed by atoms with van der Waals surface area (Å²) in [5, 5.41) is 0.656. The maximum Gasteiger partial charge on any atom is 0.374 e. The second-order valence-electron chi connectivity index (χ2n) is 6.48. The van der Waals surface area contributed by atoms with Crippen LogP contribution in [0.2, 0.25) is 0 Å². The number of ether oxygens (including phenoxy) is 3. The topological polar surface area (TPSA) is 108 Å². The molecule has 0 spiro atoms. The molecule has 0 fully saturated rings. The first-order valence-corrected chi connectivity index (χ1v) is 8.02. The minimum atomic E-state index is -1.70. The molecule has 0 aliphatic heterocycles. The number of aromatic nitrogens is 2. The van der Waals surface area contributed by atoms with Crippen LogP contribution < -0.4 is 10.7 Å². The molecule has 0 radical (unpaired) electrons. The lowest BCUT2D eigenvalue weighted by molar-refractivity contribution is -0.162. The molecule has 1 aromatic rings. The summed E-state index contributed by atoms with van der Waals surface area (Å²) < 4.78 is 15.3. The second-order valence-corrected chi connectivity index (χ2v) is 6.48. The van der Waals surface area contributed by atoms with Crippen LogP contribution in [0.25, 0.3) is 12.2 Å². The molecule has 0 saturated heterocycles. The number of hydrogen-bond donors (Lipinski definition) is 1. The van der Waals surface area contributed by atoms with E-state index in [1.165, 1.54) is 12.2 Å². The van der Waals surface area contributed by atoms with Crippen molar-refractivity contribution in [2.75, 3.05) is 13.2 Å². The average Bonchev–Trinajstić information content (AvgIpc) is 3.02. The molecule has 0 amide bonds. The van der Waals surface area contributed by atoms with Gasteiger partial charge in [-0.05, 0) is 46.8 Å². The summed E-state index contributed by atoms with van der Waals surface area (Å²) in [4.78, 5) is 43.6. The third-order valence-corrected chi connectivity index (χ3v) is 3.32. The van der Waals surface area contributed by atoms with Crippen LogP contribution in [0.4, 0.5) is 0 Å². The maximum atomic E-state index is 12.3. The van der Waals surface area contributed by atoms with Gasteiger partial charge < -0.3 is 19.2 Å². The number of nitrogens with one attached hydrogen (secondary N) is 1. The molecule has 8 heteroatoms. The first kappa shape index (κ1) is 18.7. The molecule has 1 N–H and O–H groups in total. The van der Waals surface area contributed by atoms with Gasteiger partial charge in [0.2, 0.25) is 11.2 Å². The van der Waals surface area contributed by atoms with Crippen LogP contribution in [-0.2, 0) is 23.8 Å². The van der Waals surface area contributed by atoms with Gasteiger partial charge in [-0.3, -0.25) is 9.59 Å². The molecule has 8 nitrogen and oxygen atoms in total. The number of imidazole rings is 1. The lowest BCUT2D eigenvalue weighted by Gasteiger charge is -2.20. The number of rotatable bonds is 5. The molecular weight excluding hydrogens is 328 g/mol. The van der Waals surface area contributed by atoms with Gasteiger partial charge in [0.25, 0.3) is 0 Å². The monoisotopic (exact) mass is 350 g/mol. The highest BCUT2D eigenvalue weighted by atomic mass is 16.6. The van der Waals surface area contributed by atoms with E-state index < -0.39 is 28.9 Å². The van der Waals surface area contributed by atoms with Crippen molar-refractivity contribution in [3.63, 3.8) is 0 Å². The Labute approximate surface area is 144 Å². The van der Waals surface area contributed by atoms with Crippen LogP contribution in [0, 0.1) is 5.41 Å². The Balaban J connectivity index is 2.41. The molecule has 136 valence electrons. The molecule has 1 heterocycles. The van der Waals surface area contributed by atoms with E-state index in [4.69, 9.17) is 14.2 Å². The summed E-state index contributed by atoms with van der Waals surface area (Å²) in [5.74, 6) is -2.13. The predicted octanol–water partition coefficient (Wildman–Crippen LogP) is 0.0522. The molecular formula is C17H22N2O6. The SMILES string of the molecule is CCOC(=O)C1(C(=O)OCC)C=c2nc(C(=O)OC(C)(C)C)[nH]c2=C1. The third-order valence-electron chi connectivity index (χ3n) is 3.32. The van der Waals surface area contributed by atoms with Crippen LogP contribution in [0.3, 0.4) is 0 Å². The van der Waals surface area contributed by atoms with Crippen molar-refractivity contribution in [3.8, 4) is 0 Å². The van der Waals surface area contributed by atoms with Gasteiger partial charge in [0.1, 0.15) is 5.60 Å². The van der Waals surface area contributed by atoms with E-state index in [1.54, 1.807) is 34.6 Å². The van der Waals surface area contributed by atoms with Gasteiger partial charge in [0.05, 0.1) is 23.9 Å². The third kappa shape index (κ3) is 3.72. The van der Waals surface area contributed by atoms with Crippen molar-refractivity contribution in [3.05, 3.63) is 16.5 Å². The second kappa shape index (κ2) is 6.70. The van der Waals surface area contributed by atoms with Gasteiger partial charge in [-0.25, -0.2) is 9.78 Å². The number of carbonyl (C=O) groups excluding carboxylic acids is 3. The number of esters is 3. The van der Waals surface area contributed by atoms with E-state index in [0.717, 1.165) is 0 Å². The Kier molecular flexibility index (Phi) is 5.01. The fourth-order valence-electron chi connectivity index (χ4n) is 2.35. The molecule has 0 aromatic carbocycles. The lowest BCUT2D eigenvalue weighted by Crippen LogP contribution is -2.38. The Bertz CT molecular complexity index is 762. The van der Waals surface area contributed by atoms with Crippen LogP contribution >= 0.6 is 0 Å². The van der Waals surface area contributed by atoms with E-state index in [0.29, 0.717) is 10.7 Å². The highest BCUT2D eigenvalue weighted by molar-refractivity contribution is 6.13. The number of fused-ring (bicyclic) bond motifs is 1. The maximum absolute atomic E-state index is 12.3. The van der Waals surface area contributed by atoms with Gasteiger partial charge in [0, 0.05) is 0 Å².